The topological polar surface area (TPSA) is 21.3 Å². The van der Waals surface area contributed by atoms with Crippen molar-refractivity contribution in [3.63, 3.8) is 0 Å². The summed E-state index contributed by atoms with van der Waals surface area (Å²) in [5.41, 5.74) is 2.23. The van der Waals surface area contributed by atoms with Gasteiger partial charge in [0.2, 0.25) is 0 Å². The van der Waals surface area contributed by atoms with Gasteiger partial charge in [-0.25, -0.2) is 0 Å². The highest BCUT2D eigenvalue weighted by Crippen LogP contribution is 2.37. The Morgan fingerprint density at radius 3 is 2.81 bits per heavy atom. The normalized spacial score (nSPS) is 17.6. The van der Waals surface area contributed by atoms with Crippen LogP contribution in [0.4, 0.5) is 5.69 Å². The summed E-state index contributed by atoms with van der Waals surface area (Å²) in [5.74, 6) is 0.949. The van der Waals surface area contributed by atoms with Gasteiger partial charge in [0.1, 0.15) is 5.75 Å². The Balaban J connectivity index is 1.92. The molecule has 0 aliphatic carbocycles. The average molecular weight is 432 g/mol. The molecule has 1 N–H and O–H groups in total. The monoisotopic (exact) mass is 429 g/mol. The van der Waals surface area contributed by atoms with Crippen molar-refractivity contribution in [1.29, 1.82) is 0 Å². The van der Waals surface area contributed by atoms with E-state index >= 15 is 0 Å². The highest BCUT2D eigenvalue weighted by Gasteiger charge is 2.20. The lowest BCUT2D eigenvalue weighted by molar-refractivity contribution is 0.316. The number of rotatable bonds is 2. The highest BCUT2D eigenvalue weighted by atomic mass is 79.9. The molecule has 0 saturated heterocycles. The maximum Gasteiger partial charge on any atom is 0.125 e. The molecule has 0 bridgehead atoms. The third kappa shape index (κ3) is 3.55. The van der Waals surface area contributed by atoms with E-state index in [4.69, 9.17) is 16.3 Å². The molecule has 1 atom stereocenters. The first-order valence-electron chi connectivity index (χ1n) is 6.77. The van der Waals surface area contributed by atoms with Crippen molar-refractivity contribution < 1.29 is 4.74 Å². The van der Waals surface area contributed by atoms with Crippen LogP contribution in [0.25, 0.3) is 0 Å². The van der Waals surface area contributed by atoms with E-state index in [1.807, 2.05) is 24.3 Å². The summed E-state index contributed by atoms with van der Waals surface area (Å²) in [7, 11) is 0. The molecule has 5 heteroatoms. The van der Waals surface area contributed by atoms with Crippen LogP contribution < -0.4 is 10.1 Å². The molecule has 1 aliphatic heterocycles. The molecule has 3 rings (SSSR count). The van der Waals surface area contributed by atoms with E-state index in [0.717, 1.165) is 44.9 Å². The summed E-state index contributed by atoms with van der Waals surface area (Å²) < 4.78 is 7.85. The smallest absolute Gasteiger partial charge is 0.125 e. The predicted molar refractivity (Wildman–Crippen MR) is 94.4 cm³/mol. The molecule has 1 unspecified atom stereocenters. The maximum atomic E-state index is 6.00. The van der Waals surface area contributed by atoms with Gasteiger partial charge in [-0.3, -0.25) is 0 Å². The first kappa shape index (κ1) is 15.2. The Morgan fingerprint density at radius 2 is 2.00 bits per heavy atom. The van der Waals surface area contributed by atoms with E-state index in [1.54, 1.807) is 0 Å². The number of halogens is 3. The van der Waals surface area contributed by atoms with Gasteiger partial charge >= 0.3 is 0 Å². The lowest BCUT2D eigenvalue weighted by Crippen LogP contribution is -2.10. The number of benzene rings is 2. The van der Waals surface area contributed by atoms with E-state index < -0.39 is 0 Å². The lowest BCUT2D eigenvalue weighted by atomic mass is 10.0. The molecule has 2 aromatic carbocycles. The van der Waals surface area contributed by atoms with Crippen LogP contribution in [-0.2, 0) is 0 Å². The summed E-state index contributed by atoms with van der Waals surface area (Å²) in [5, 5.41) is 4.31. The zero-order valence-corrected chi connectivity index (χ0v) is 15.1. The Kier molecular flexibility index (Phi) is 4.77. The van der Waals surface area contributed by atoms with E-state index in [-0.39, 0.29) is 6.04 Å². The zero-order valence-electron chi connectivity index (χ0n) is 11.2. The second-order valence-corrected chi connectivity index (χ2v) is 7.20. The standard InChI is InChI=1S/C16H14Br2ClNO/c17-10-3-5-12-14(2-1-7-21-16(12)8-10)20-15-6-4-11(19)9-13(15)18/h3-6,8-9,14,20H,1-2,7H2. The van der Waals surface area contributed by atoms with Gasteiger partial charge in [0, 0.05) is 25.2 Å². The molecular formula is C16H14Br2ClNO. The number of ether oxygens (including phenoxy) is 1. The van der Waals surface area contributed by atoms with Crippen LogP contribution in [0.15, 0.2) is 45.3 Å². The summed E-state index contributed by atoms with van der Waals surface area (Å²) in [4.78, 5) is 0. The molecule has 2 nitrogen and oxygen atoms in total. The molecule has 2 aromatic rings. The van der Waals surface area contributed by atoms with Crippen LogP contribution >= 0.6 is 43.5 Å². The van der Waals surface area contributed by atoms with Crippen LogP contribution in [-0.4, -0.2) is 6.61 Å². The summed E-state index contributed by atoms with van der Waals surface area (Å²) >= 11 is 13.1. The molecule has 1 heterocycles. The number of fused-ring (bicyclic) bond motifs is 1. The van der Waals surface area contributed by atoms with Crippen molar-refractivity contribution >= 4 is 49.1 Å². The first-order chi connectivity index (χ1) is 10.1. The van der Waals surface area contributed by atoms with Crippen molar-refractivity contribution in [2.45, 2.75) is 18.9 Å². The first-order valence-corrected chi connectivity index (χ1v) is 8.74. The van der Waals surface area contributed by atoms with Gasteiger partial charge in [0.15, 0.2) is 0 Å². The molecule has 0 spiro atoms. The quantitative estimate of drug-likeness (QED) is 0.612. The van der Waals surface area contributed by atoms with Gasteiger partial charge in [-0.15, -0.1) is 0 Å². The van der Waals surface area contributed by atoms with E-state index in [9.17, 15) is 0 Å². The van der Waals surface area contributed by atoms with Crippen LogP contribution in [0.1, 0.15) is 24.4 Å². The summed E-state index contributed by atoms with van der Waals surface area (Å²) in [6.45, 7) is 0.753. The fraction of sp³-hybridized carbons (Fsp3) is 0.250. The van der Waals surface area contributed by atoms with Crippen LogP contribution in [0.3, 0.4) is 0 Å². The fourth-order valence-electron chi connectivity index (χ4n) is 2.49. The van der Waals surface area contributed by atoms with Crippen molar-refractivity contribution in [1.82, 2.24) is 0 Å². The van der Waals surface area contributed by atoms with Crippen molar-refractivity contribution in [2.75, 3.05) is 11.9 Å². The second-order valence-electron chi connectivity index (χ2n) is 4.99. The Labute approximate surface area is 146 Å². The van der Waals surface area contributed by atoms with Gasteiger partial charge in [-0.1, -0.05) is 33.6 Å². The molecule has 1 aliphatic rings. The van der Waals surface area contributed by atoms with Crippen LogP contribution in [0.2, 0.25) is 5.02 Å². The minimum atomic E-state index is 0.230. The third-order valence-corrected chi connectivity index (χ3v) is 4.89. The number of anilines is 1. The Hall–Kier alpha value is -0.710. The second kappa shape index (κ2) is 6.59. The minimum Gasteiger partial charge on any atom is -0.493 e. The van der Waals surface area contributed by atoms with Gasteiger partial charge in [-0.2, -0.15) is 0 Å². The van der Waals surface area contributed by atoms with Crippen LogP contribution in [0.5, 0.6) is 5.75 Å². The van der Waals surface area contributed by atoms with E-state index in [1.165, 1.54) is 5.56 Å². The zero-order chi connectivity index (χ0) is 14.8. The Morgan fingerprint density at radius 1 is 1.14 bits per heavy atom. The van der Waals surface area contributed by atoms with E-state index in [0.29, 0.717) is 0 Å². The average Bonchev–Trinajstić information content (AvgIpc) is 2.64. The largest absolute Gasteiger partial charge is 0.493 e. The minimum absolute atomic E-state index is 0.230. The molecule has 21 heavy (non-hydrogen) atoms. The van der Waals surface area contributed by atoms with Gasteiger partial charge in [0.25, 0.3) is 0 Å². The SMILES string of the molecule is Clc1ccc(NC2CCCOc3cc(Br)ccc32)c(Br)c1. The van der Waals surface area contributed by atoms with Gasteiger partial charge < -0.3 is 10.1 Å². The fourth-order valence-corrected chi connectivity index (χ4v) is 3.63. The molecule has 0 aromatic heterocycles. The van der Waals surface area contributed by atoms with Crippen molar-refractivity contribution in [3.05, 3.63) is 55.9 Å². The van der Waals surface area contributed by atoms with Crippen molar-refractivity contribution in [3.8, 4) is 5.75 Å². The highest BCUT2D eigenvalue weighted by molar-refractivity contribution is 9.10. The molecular weight excluding hydrogens is 417 g/mol. The molecule has 110 valence electrons. The lowest BCUT2D eigenvalue weighted by Gasteiger charge is -2.20. The maximum absolute atomic E-state index is 6.00. The number of hydrogen-bond donors (Lipinski definition) is 1. The van der Waals surface area contributed by atoms with Crippen LogP contribution in [0, 0.1) is 0 Å². The predicted octanol–water partition coefficient (Wildman–Crippen LogP) is 6.19. The van der Waals surface area contributed by atoms with Gasteiger partial charge in [0.05, 0.1) is 12.6 Å². The summed E-state index contributed by atoms with van der Waals surface area (Å²) in [6, 6.07) is 12.2. The number of nitrogens with one attached hydrogen (secondary N) is 1. The Bertz CT molecular complexity index is 663. The van der Waals surface area contributed by atoms with Crippen molar-refractivity contribution in [2.24, 2.45) is 0 Å². The summed E-state index contributed by atoms with van der Waals surface area (Å²) in [6.07, 6.45) is 2.05. The van der Waals surface area contributed by atoms with E-state index in [2.05, 4.69) is 49.3 Å². The van der Waals surface area contributed by atoms with Gasteiger partial charge in [-0.05, 0) is 59.1 Å². The molecule has 0 fully saturated rings. The third-order valence-electron chi connectivity index (χ3n) is 3.51. The molecule has 0 radical (unpaired) electrons. The molecule has 0 amide bonds. The number of hydrogen-bond acceptors (Lipinski definition) is 2. The molecule has 0 saturated carbocycles.